The van der Waals surface area contributed by atoms with E-state index in [1.165, 1.54) is 0 Å². The second-order valence-electron chi connectivity index (χ2n) is 5.26. The summed E-state index contributed by atoms with van der Waals surface area (Å²) in [6, 6.07) is 15.6. The molecule has 0 heterocycles. The van der Waals surface area contributed by atoms with E-state index in [0.29, 0.717) is 18.9 Å². The molecule has 0 spiro atoms. The molecule has 2 aromatic carbocycles. The van der Waals surface area contributed by atoms with Gasteiger partial charge in [0, 0.05) is 17.9 Å². The molecular formula is C19H23NO3S. The second kappa shape index (κ2) is 9.88. The summed E-state index contributed by atoms with van der Waals surface area (Å²) < 4.78 is 11.0. The lowest BCUT2D eigenvalue weighted by atomic mass is 10.2. The molecule has 0 atom stereocenters. The zero-order valence-corrected chi connectivity index (χ0v) is 14.9. The topological polar surface area (TPSA) is 47.6 Å². The highest BCUT2D eigenvalue weighted by Gasteiger charge is 2.05. The van der Waals surface area contributed by atoms with Crippen molar-refractivity contribution in [1.82, 2.24) is 5.32 Å². The van der Waals surface area contributed by atoms with E-state index in [2.05, 4.69) is 5.32 Å². The van der Waals surface area contributed by atoms with Gasteiger partial charge in [0.15, 0.2) is 0 Å². The molecule has 0 aliphatic rings. The van der Waals surface area contributed by atoms with Gasteiger partial charge in [-0.1, -0.05) is 36.4 Å². The van der Waals surface area contributed by atoms with Gasteiger partial charge in [0.05, 0.1) is 19.5 Å². The first-order valence-corrected chi connectivity index (χ1v) is 9.01. The highest BCUT2D eigenvalue weighted by molar-refractivity contribution is 7.99. The highest BCUT2D eigenvalue weighted by atomic mass is 32.2. The van der Waals surface area contributed by atoms with Crippen LogP contribution in [0.25, 0.3) is 0 Å². The van der Waals surface area contributed by atoms with Crippen molar-refractivity contribution in [3.05, 3.63) is 59.7 Å². The quantitative estimate of drug-likeness (QED) is 0.707. The second-order valence-corrected chi connectivity index (χ2v) is 6.36. The van der Waals surface area contributed by atoms with Crippen LogP contribution in [0.5, 0.6) is 11.5 Å². The summed E-state index contributed by atoms with van der Waals surface area (Å²) in [5, 5.41) is 2.91. The summed E-state index contributed by atoms with van der Waals surface area (Å²) in [6.45, 7) is 3.09. The maximum atomic E-state index is 11.9. The summed E-state index contributed by atoms with van der Waals surface area (Å²) >= 11 is 1.56. The lowest BCUT2D eigenvalue weighted by Crippen LogP contribution is -2.25. The molecule has 128 valence electrons. The van der Waals surface area contributed by atoms with Crippen molar-refractivity contribution in [3.63, 3.8) is 0 Å². The number of nitrogens with one attached hydrogen (secondary N) is 1. The molecule has 1 amide bonds. The zero-order chi connectivity index (χ0) is 17.2. The van der Waals surface area contributed by atoms with Crippen LogP contribution < -0.4 is 14.8 Å². The molecule has 24 heavy (non-hydrogen) atoms. The van der Waals surface area contributed by atoms with Crippen molar-refractivity contribution in [2.75, 3.05) is 25.2 Å². The number of benzene rings is 2. The van der Waals surface area contributed by atoms with Gasteiger partial charge in [-0.3, -0.25) is 4.79 Å². The Morgan fingerprint density at radius 3 is 2.54 bits per heavy atom. The summed E-state index contributed by atoms with van der Waals surface area (Å²) in [6.07, 6.45) is 0. The molecule has 2 rings (SSSR count). The van der Waals surface area contributed by atoms with Gasteiger partial charge in [-0.05, 0) is 24.6 Å². The Bertz CT molecular complexity index is 661. The fourth-order valence-corrected chi connectivity index (χ4v) is 2.82. The van der Waals surface area contributed by atoms with Crippen LogP contribution in [0.2, 0.25) is 0 Å². The van der Waals surface area contributed by atoms with E-state index in [4.69, 9.17) is 9.47 Å². The van der Waals surface area contributed by atoms with E-state index in [9.17, 15) is 4.79 Å². The van der Waals surface area contributed by atoms with Crippen molar-refractivity contribution >= 4 is 17.7 Å². The van der Waals surface area contributed by atoms with Crippen LogP contribution in [0.15, 0.2) is 48.5 Å². The fourth-order valence-electron chi connectivity index (χ4n) is 2.19. The number of hydrogen-bond acceptors (Lipinski definition) is 4. The maximum absolute atomic E-state index is 11.9. The third kappa shape index (κ3) is 5.81. The van der Waals surface area contributed by atoms with E-state index in [1.54, 1.807) is 18.9 Å². The normalized spacial score (nSPS) is 10.2. The third-order valence-corrected chi connectivity index (χ3v) is 4.40. The molecule has 0 saturated heterocycles. The Kier molecular flexibility index (Phi) is 7.49. The van der Waals surface area contributed by atoms with E-state index in [-0.39, 0.29) is 5.91 Å². The Balaban J connectivity index is 1.62. The van der Waals surface area contributed by atoms with Crippen molar-refractivity contribution in [1.29, 1.82) is 0 Å². The summed E-state index contributed by atoms with van der Waals surface area (Å²) in [4.78, 5) is 11.9. The van der Waals surface area contributed by atoms with E-state index < -0.39 is 0 Å². The molecule has 5 heteroatoms. The molecule has 0 bridgehead atoms. The Hall–Kier alpha value is -2.14. The summed E-state index contributed by atoms with van der Waals surface area (Å²) in [7, 11) is 1.63. The predicted octanol–water partition coefficient (Wildman–Crippen LogP) is 3.43. The van der Waals surface area contributed by atoms with Crippen LogP contribution in [0, 0.1) is 6.92 Å². The number of amides is 1. The van der Waals surface area contributed by atoms with Gasteiger partial charge >= 0.3 is 0 Å². The number of carbonyl (C=O) groups is 1. The largest absolute Gasteiger partial charge is 0.496 e. The first-order chi connectivity index (χ1) is 11.7. The van der Waals surface area contributed by atoms with Crippen molar-refractivity contribution < 1.29 is 14.3 Å². The van der Waals surface area contributed by atoms with Crippen LogP contribution in [0.1, 0.15) is 11.1 Å². The Morgan fingerprint density at radius 1 is 1.08 bits per heavy atom. The minimum Gasteiger partial charge on any atom is -0.496 e. The van der Waals surface area contributed by atoms with Crippen LogP contribution in [0.3, 0.4) is 0 Å². The first-order valence-electron chi connectivity index (χ1n) is 7.85. The maximum Gasteiger partial charge on any atom is 0.230 e. The van der Waals surface area contributed by atoms with E-state index >= 15 is 0 Å². The summed E-state index contributed by atoms with van der Waals surface area (Å²) in [5.41, 5.74) is 2.10. The van der Waals surface area contributed by atoms with Gasteiger partial charge in [0.2, 0.25) is 5.91 Å². The number of ether oxygens (including phenoxy) is 2. The van der Waals surface area contributed by atoms with Crippen LogP contribution in [-0.2, 0) is 11.3 Å². The number of aryl methyl sites for hydroxylation is 1. The molecule has 4 nitrogen and oxygen atoms in total. The van der Waals surface area contributed by atoms with Crippen LogP contribution >= 0.6 is 11.8 Å². The predicted molar refractivity (Wildman–Crippen MR) is 98.8 cm³/mol. The van der Waals surface area contributed by atoms with Gasteiger partial charge < -0.3 is 14.8 Å². The minimum atomic E-state index is 0.0156. The number of carbonyl (C=O) groups excluding carboxylic acids is 1. The molecule has 0 radical (unpaired) electrons. The number of para-hydroxylation sites is 2. The number of rotatable bonds is 9. The molecule has 0 aromatic heterocycles. The van der Waals surface area contributed by atoms with Gasteiger partial charge in [-0.15, -0.1) is 11.8 Å². The van der Waals surface area contributed by atoms with Crippen molar-refractivity contribution in [2.24, 2.45) is 0 Å². The van der Waals surface area contributed by atoms with E-state index in [1.807, 2.05) is 55.5 Å². The molecule has 0 aliphatic carbocycles. The molecule has 0 aliphatic heterocycles. The highest BCUT2D eigenvalue weighted by Crippen LogP contribution is 2.17. The Labute approximate surface area is 147 Å². The van der Waals surface area contributed by atoms with Gasteiger partial charge in [-0.2, -0.15) is 0 Å². The molecular weight excluding hydrogens is 322 g/mol. The van der Waals surface area contributed by atoms with Crippen molar-refractivity contribution in [2.45, 2.75) is 13.5 Å². The molecule has 0 saturated carbocycles. The minimum absolute atomic E-state index is 0.0156. The zero-order valence-electron chi connectivity index (χ0n) is 14.1. The summed E-state index contributed by atoms with van der Waals surface area (Å²) in [5.74, 6) is 2.90. The van der Waals surface area contributed by atoms with E-state index in [0.717, 1.165) is 28.4 Å². The van der Waals surface area contributed by atoms with Gasteiger partial charge in [0.1, 0.15) is 11.5 Å². The van der Waals surface area contributed by atoms with Crippen LogP contribution in [-0.4, -0.2) is 31.1 Å². The monoisotopic (exact) mass is 345 g/mol. The van der Waals surface area contributed by atoms with Gasteiger partial charge in [0.25, 0.3) is 0 Å². The first kappa shape index (κ1) is 18.2. The fraction of sp³-hybridized carbons (Fsp3) is 0.316. The lowest BCUT2D eigenvalue weighted by molar-refractivity contribution is -0.118. The Morgan fingerprint density at radius 2 is 1.79 bits per heavy atom. The molecule has 2 aromatic rings. The molecule has 0 unspecified atom stereocenters. The van der Waals surface area contributed by atoms with Gasteiger partial charge in [-0.25, -0.2) is 0 Å². The SMILES string of the molecule is COc1ccccc1CNC(=O)CSCCOc1ccccc1C. The average molecular weight is 345 g/mol. The van der Waals surface area contributed by atoms with Crippen molar-refractivity contribution in [3.8, 4) is 11.5 Å². The average Bonchev–Trinajstić information content (AvgIpc) is 2.61. The smallest absolute Gasteiger partial charge is 0.230 e. The third-order valence-electron chi connectivity index (χ3n) is 3.48. The molecule has 0 fully saturated rings. The number of hydrogen-bond donors (Lipinski definition) is 1. The number of thioether (sulfide) groups is 1. The lowest BCUT2D eigenvalue weighted by Gasteiger charge is -2.10. The molecule has 1 N–H and O–H groups in total. The van der Waals surface area contributed by atoms with Crippen LogP contribution in [0.4, 0.5) is 0 Å². The number of methoxy groups -OCH3 is 1. The standard InChI is InChI=1S/C19H23NO3S/c1-15-7-3-5-9-17(15)23-11-12-24-14-19(21)20-13-16-8-4-6-10-18(16)22-2/h3-10H,11-14H2,1-2H3,(H,20,21).